The third-order valence-corrected chi connectivity index (χ3v) is 10.9. The molecule has 0 radical (unpaired) electrons. The van der Waals surface area contributed by atoms with Crippen LogP contribution in [0.25, 0.3) is 22.3 Å². The molecule has 54 heavy (non-hydrogen) atoms. The van der Waals surface area contributed by atoms with Crippen LogP contribution in [0.1, 0.15) is 74.1 Å². The Morgan fingerprint density at radius 1 is 0.963 bits per heavy atom. The molecule has 2 fully saturated rings. The van der Waals surface area contributed by atoms with E-state index in [1.54, 1.807) is 25.2 Å². The summed E-state index contributed by atoms with van der Waals surface area (Å²) < 4.78 is 11.0. The van der Waals surface area contributed by atoms with Crippen molar-refractivity contribution in [1.82, 2.24) is 29.8 Å². The summed E-state index contributed by atoms with van der Waals surface area (Å²) in [6, 6.07) is 26.3. The zero-order chi connectivity index (χ0) is 37.0. The van der Waals surface area contributed by atoms with Crippen molar-refractivity contribution in [2.75, 3.05) is 25.6 Å². The van der Waals surface area contributed by atoms with Gasteiger partial charge in [-0.1, -0.05) is 49.6 Å². The van der Waals surface area contributed by atoms with Gasteiger partial charge in [0.15, 0.2) is 5.65 Å². The molecule has 2 atom stereocenters. The van der Waals surface area contributed by atoms with Crippen LogP contribution in [-0.4, -0.2) is 62.1 Å². The Labute approximate surface area is 319 Å². The van der Waals surface area contributed by atoms with Crippen molar-refractivity contribution in [2.45, 2.75) is 67.4 Å². The van der Waals surface area contributed by atoms with E-state index in [2.05, 4.69) is 58.1 Å². The predicted octanol–water partition coefficient (Wildman–Crippen LogP) is 8.68. The molecule has 2 unspecified atom stereocenters. The molecule has 0 spiro atoms. The lowest BCUT2D eigenvalue weighted by Crippen LogP contribution is -2.38. The van der Waals surface area contributed by atoms with Crippen molar-refractivity contribution < 1.29 is 14.3 Å². The lowest BCUT2D eigenvalue weighted by Gasteiger charge is -2.25. The Balaban J connectivity index is 1.02. The van der Waals surface area contributed by atoms with E-state index < -0.39 is 0 Å². The number of nitrogens with zero attached hydrogens (tertiary/aromatic N) is 5. The number of amides is 1. The standard InChI is InChI=1S/C43H41N7O3S/c1-27(2)34-20-19-33-40(47-34)45-26-46-41(33)48-35-24-29(12-21-39(35)54-32-17-15-31(52-3)16-18-32)9-8-28-10-13-30(14-11-28)36-25-44-42(49-36)37-6-4-22-50(37)43(51)38-7-5-23-53-38/h10-21,24-27,37-38H,4-7,22-23H2,1-3H3,(H,44,49)(H,45,46,47,48). The number of benzene rings is 3. The van der Waals surface area contributed by atoms with Crippen molar-refractivity contribution in [1.29, 1.82) is 0 Å². The second-order valence-electron chi connectivity index (χ2n) is 13.8. The minimum absolute atomic E-state index is 0.0524. The fourth-order valence-electron chi connectivity index (χ4n) is 6.87. The van der Waals surface area contributed by atoms with Crippen molar-refractivity contribution in [3.05, 3.63) is 114 Å². The van der Waals surface area contributed by atoms with E-state index in [9.17, 15) is 4.79 Å². The van der Waals surface area contributed by atoms with Crippen molar-refractivity contribution in [2.24, 2.45) is 0 Å². The smallest absolute Gasteiger partial charge is 0.252 e. The molecule has 11 heteroatoms. The van der Waals surface area contributed by atoms with Gasteiger partial charge >= 0.3 is 0 Å². The van der Waals surface area contributed by atoms with E-state index in [0.717, 1.165) is 92.7 Å². The Hall–Kier alpha value is -5.70. The summed E-state index contributed by atoms with van der Waals surface area (Å²) in [5.74, 6) is 9.39. The van der Waals surface area contributed by atoms with E-state index in [1.165, 1.54) is 0 Å². The van der Waals surface area contributed by atoms with Gasteiger partial charge in [-0.25, -0.2) is 19.9 Å². The summed E-state index contributed by atoms with van der Waals surface area (Å²) in [5, 5.41) is 4.42. The predicted molar refractivity (Wildman–Crippen MR) is 211 cm³/mol. The highest BCUT2D eigenvalue weighted by Crippen LogP contribution is 2.37. The molecule has 10 nitrogen and oxygen atoms in total. The third kappa shape index (κ3) is 7.67. The molecule has 3 aromatic heterocycles. The number of aromatic amines is 1. The van der Waals surface area contributed by atoms with Crippen LogP contribution in [0.5, 0.6) is 5.75 Å². The summed E-state index contributed by atoms with van der Waals surface area (Å²) >= 11 is 1.65. The maximum atomic E-state index is 13.1. The summed E-state index contributed by atoms with van der Waals surface area (Å²) in [6.07, 6.45) is 6.67. The van der Waals surface area contributed by atoms with Gasteiger partial charge in [-0.05, 0) is 104 Å². The molecule has 0 saturated carbocycles. The number of ether oxygens (including phenoxy) is 2. The quantitative estimate of drug-likeness (QED) is 0.141. The lowest BCUT2D eigenvalue weighted by atomic mass is 10.1. The second-order valence-corrected chi connectivity index (χ2v) is 14.9. The van der Waals surface area contributed by atoms with Gasteiger partial charge in [0.25, 0.3) is 5.91 Å². The molecule has 5 heterocycles. The van der Waals surface area contributed by atoms with Crippen LogP contribution in [0.15, 0.2) is 101 Å². The summed E-state index contributed by atoms with van der Waals surface area (Å²) in [5.41, 5.74) is 6.18. The largest absolute Gasteiger partial charge is 0.497 e. The molecular formula is C43H41N7O3S. The Bertz CT molecular complexity index is 2340. The normalized spacial score (nSPS) is 16.8. The van der Waals surface area contributed by atoms with Gasteiger partial charge in [0.05, 0.1) is 36.1 Å². The average molecular weight is 736 g/mol. The van der Waals surface area contributed by atoms with E-state index in [-0.39, 0.29) is 18.1 Å². The fraction of sp³-hybridized carbons (Fsp3) is 0.279. The number of pyridine rings is 1. The molecule has 2 N–H and O–H groups in total. The maximum Gasteiger partial charge on any atom is 0.252 e. The summed E-state index contributed by atoms with van der Waals surface area (Å²) in [4.78, 5) is 39.2. The molecule has 0 bridgehead atoms. The number of carbonyl (C=O) groups excluding carboxylic acids is 1. The molecule has 2 aliphatic rings. The monoisotopic (exact) mass is 735 g/mol. The second kappa shape index (κ2) is 15.7. The van der Waals surface area contributed by atoms with Crippen molar-refractivity contribution in [3.63, 3.8) is 0 Å². The number of carbonyl (C=O) groups is 1. The van der Waals surface area contributed by atoms with Gasteiger partial charge in [-0.15, -0.1) is 0 Å². The summed E-state index contributed by atoms with van der Waals surface area (Å²) in [6.45, 7) is 5.64. The van der Waals surface area contributed by atoms with Crippen LogP contribution in [-0.2, 0) is 9.53 Å². The van der Waals surface area contributed by atoms with E-state index in [1.807, 2.05) is 77.8 Å². The van der Waals surface area contributed by atoms with Crippen molar-refractivity contribution in [3.8, 4) is 28.8 Å². The number of rotatable bonds is 9. The van der Waals surface area contributed by atoms with Crippen LogP contribution in [0.2, 0.25) is 0 Å². The van der Waals surface area contributed by atoms with Crippen LogP contribution in [0.3, 0.4) is 0 Å². The van der Waals surface area contributed by atoms with E-state index in [4.69, 9.17) is 19.4 Å². The van der Waals surface area contributed by atoms with Crippen LogP contribution in [0.4, 0.5) is 11.5 Å². The number of hydrogen-bond acceptors (Lipinski definition) is 9. The van der Waals surface area contributed by atoms with Gasteiger partial charge in [-0.2, -0.15) is 0 Å². The number of hydrogen-bond donors (Lipinski definition) is 2. The molecule has 1 amide bonds. The van der Waals surface area contributed by atoms with Crippen molar-refractivity contribution >= 4 is 40.2 Å². The Morgan fingerprint density at radius 3 is 2.56 bits per heavy atom. The topological polar surface area (TPSA) is 118 Å². The Morgan fingerprint density at radius 2 is 1.78 bits per heavy atom. The van der Waals surface area contributed by atoms with Crippen LogP contribution >= 0.6 is 11.8 Å². The number of nitrogens with one attached hydrogen (secondary N) is 2. The SMILES string of the molecule is COc1ccc(Sc2ccc(C#Cc3ccc(-c4cnc(C5CCCN5C(=O)C5CCCO5)[nH]4)cc3)cc2Nc2ncnc3nc(C(C)C)ccc23)cc1. The maximum absolute atomic E-state index is 13.1. The third-order valence-electron chi connectivity index (χ3n) is 9.83. The molecule has 0 aliphatic carbocycles. The molecule has 272 valence electrons. The fourth-order valence-corrected chi connectivity index (χ4v) is 7.76. The number of H-pyrrole nitrogens is 1. The Kier molecular flexibility index (Phi) is 10.3. The molecule has 6 aromatic rings. The van der Waals surface area contributed by atoms with E-state index >= 15 is 0 Å². The first-order valence-electron chi connectivity index (χ1n) is 18.4. The first-order chi connectivity index (χ1) is 26.4. The highest BCUT2D eigenvalue weighted by molar-refractivity contribution is 7.99. The average Bonchev–Trinajstić information content (AvgIpc) is 4.01. The first-order valence-corrected chi connectivity index (χ1v) is 19.2. The zero-order valence-electron chi connectivity index (χ0n) is 30.5. The minimum Gasteiger partial charge on any atom is -0.497 e. The van der Waals surface area contributed by atoms with Crippen LogP contribution in [0, 0.1) is 11.8 Å². The first kappa shape index (κ1) is 35.3. The highest BCUT2D eigenvalue weighted by atomic mass is 32.2. The number of anilines is 2. The molecular weight excluding hydrogens is 695 g/mol. The number of imidazole rings is 1. The number of methoxy groups -OCH3 is 1. The minimum atomic E-state index is -0.317. The van der Waals surface area contributed by atoms with Gasteiger partial charge in [0.2, 0.25) is 0 Å². The van der Waals surface area contributed by atoms with Gasteiger partial charge < -0.3 is 24.7 Å². The van der Waals surface area contributed by atoms with Crippen LogP contribution < -0.4 is 10.1 Å². The number of fused-ring (bicyclic) bond motifs is 1. The molecule has 3 aromatic carbocycles. The van der Waals surface area contributed by atoms with Gasteiger partial charge in [-0.3, -0.25) is 4.79 Å². The molecule has 2 saturated heterocycles. The molecule has 2 aliphatic heterocycles. The number of aromatic nitrogens is 5. The molecule has 8 rings (SSSR count). The van der Waals surface area contributed by atoms with Gasteiger partial charge in [0.1, 0.15) is 29.8 Å². The highest BCUT2D eigenvalue weighted by Gasteiger charge is 2.37. The summed E-state index contributed by atoms with van der Waals surface area (Å²) in [7, 11) is 1.67. The lowest BCUT2D eigenvalue weighted by molar-refractivity contribution is -0.142. The zero-order valence-corrected chi connectivity index (χ0v) is 31.3. The van der Waals surface area contributed by atoms with Gasteiger partial charge in [0, 0.05) is 39.8 Å². The van der Waals surface area contributed by atoms with E-state index in [0.29, 0.717) is 24.0 Å². The number of likely N-dealkylation sites (tertiary alicyclic amines) is 1.